The van der Waals surface area contributed by atoms with E-state index < -0.39 is 27.2 Å². The number of aromatic hydroxyl groups is 1. The molecule has 42 heavy (non-hydrogen) atoms. The van der Waals surface area contributed by atoms with Gasteiger partial charge in [-0.25, -0.2) is 13.2 Å². The third kappa shape index (κ3) is 6.29. The number of hydrogen-bond acceptors (Lipinski definition) is 8. The van der Waals surface area contributed by atoms with Gasteiger partial charge in [-0.2, -0.15) is 0 Å². The van der Waals surface area contributed by atoms with Gasteiger partial charge < -0.3 is 9.84 Å². The molecule has 1 saturated heterocycles. The maximum atomic E-state index is 13.1. The van der Waals surface area contributed by atoms with Crippen LogP contribution in [0.1, 0.15) is 70.7 Å². The standard InChI is InChI=1S/C32H40N2O6S2/c1-19-9-11-22(12-10-19)42(38,39)20(2)40-30(37)26-13-14-41-29-23(28(36)34(26)29)18-33-17-21-15-24(31(3,4)5)27(35)25(16-21)32(6,7)8/h9-13,15-17,20,23,29,35H,14,18H2,1-8H3/b33-17+/t20?,23-,29-/m1/s1. The number of phenols is 1. The van der Waals surface area contributed by atoms with Gasteiger partial charge in [0.25, 0.3) is 0 Å². The number of carbonyl (C=O) groups is 2. The highest BCUT2D eigenvalue weighted by atomic mass is 32.2. The lowest BCUT2D eigenvalue weighted by Gasteiger charge is -2.48. The van der Waals surface area contributed by atoms with Crippen molar-refractivity contribution in [1.82, 2.24) is 4.90 Å². The number of aliphatic imine (C=N–C) groups is 1. The minimum atomic E-state index is -3.91. The summed E-state index contributed by atoms with van der Waals surface area (Å²) < 4.78 is 31.2. The minimum Gasteiger partial charge on any atom is -0.507 e. The van der Waals surface area contributed by atoms with Crippen molar-refractivity contribution in [3.05, 3.63) is 70.4 Å². The van der Waals surface area contributed by atoms with E-state index >= 15 is 0 Å². The molecule has 226 valence electrons. The number of fused-ring (bicyclic) bond motifs is 1. The number of aryl methyl sites for hydroxylation is 1. The van der Waals surface area contributed by atoms with Crippen LogP contribution >= 0.6 is 11.8 Å². The quantitative estimate of drug-likeness (QED) is 0.250. The summed E-state index contributed by atoms with van der Waals surface area (Å²) >= 11 is 1.52. The van der Waals surface area contributed by atoms with Gasteiger partial charge in [0.2, 0.25) is 21.2 Å². The second kappa shape index (κ2) is 11.5. The summed E-state index contributed by atoms with van der Waals surface area (Å²) in [5.41, 5.74) is 1.52. The fourth-order valence-electron chi connectivity index (χ4n) is 4.98. The Balaban J connectivity index is 1.45. The van der Waals surface area contributed by atoms with Crippen LogP contribution in [0.3, 0.4) is 0 Å². The predicted octanol–water partition coefficient (Wildman–Crippen LogP) is 5.49. The minimum absolute atomic E-state index is 0.0651. The Kier molecular flexibility index (Phi) is 8.73. The van der Waals surface area contributed by atoms with Crippen molar-refractivity contribution in [2.24, 2.45) is 10.9 Å². The molecule has 0 radical (unpaired) electrons. The normalized spacial score (nSPS) is 20.1. The van der Waals surface area contributed by atoms with E-state index in [1.807, 2.05) is 60.6 Å². The number of thioether (sulfide) groups is 1. The average molecular weight is 613 g/mol. The zero-order valence-corrected chi connectivity index (χ0v) is 27.1. The molecular weight excluding hydrogens is 572 g/mol. The maximum Gasteiger partial charge on any atom is 0.356 e. The molecule has 4 rings (SSSR count). The largest absolute Gasteiger partial charge is 0.507 e. The second-order valence-electron chi connectivity index (χ2n) is 12.9. The van der Waals surface area contributed by atoms with Crippen molar-refractivity contribution in [1.29, 1.82) is 0 Å². The smallest absolute Gasteiger partial charge is 0.356 e. The van der Waals surface area contributed by atoms with Crippen LogP contribution in [0.2, 0.25) is 0 Å². The Bertz CT molecular complexity index is 1510. The van der Waals surface area contributed by atoms with E-state index in [9.17, 15) is 23.1 Å². The first kappa shape index (κ1) is 31.8. The molecule has 0 saturated carbocycles. The molecule has 2 aromatic rings. The van der Waals surface area contributed by atoms with Gasteiger partial charge in [0.15, 0.2) is 0 Å². The summed E-state index contributed by atoms with van der Waals surface area (Å²) in [5, 5.41) is 10.7. The molecule has 3 atom stereocenters. The molecule has 1 fully saturated rings. The number of hydrogen-bond donors (Lipinski definition) is 1. The fourth-order valence-corrected chi connectivity index (χ4v) is 7.35. The van der Waals surface area contributed by atoms with Crippen LogP contribution in [0.15, 0.2) is 58.1 Å². The summed E-state index contributed by atoms with van der Waals surface area (Å²) in [6.07, 6.45) is 3.33. The zero-order valence-electron chi connectivity index (χ0n) is 25.5. The number of rotatable bonds is 7. The number of phenolic OH excluding ortho intramolecular Hbond substituents is 1. The van der Waals surface area contributed by atoms with Gasteiger partial charge in [-0.1, -0.05) is 59.2 Å². The molecule has 1 unspecified atom stereocenters. The summed E-state index contributed by atoms with van der Waals surface area (Å²) in [5.74, 6) is -0.731. The van der Waals surface area contributed by atoms with E-state index in [1.54, 1.807) is 24.4 Å². The van der Waals surface area contributed by atoms with Gasteiger partial charge in [0.1, 0.15) is 11.4 Å². The van der Waals surface area contributed by atoms with Gasteiger partial charge >= 0.3 is 5.97 Å². The van der Waals surface area contributed by atoms with E-state index in [1.165, 1.54) is 35.7 Å². The van der Waals surface area contributed by atoms with Gasteiger partial charge in [-0.05, 0) is 60.6 Å². The molecule has 2 aliphatic rings. The van der Waals surface area contributed by atoms with E-state index in [0.717, 1.165) is 22.3 Å². The number of ether oxygens (including phenoxy) is 1. The number of β-lactam (4-membered cyclic amide) rings is 1. The number of benzene rings is 2. The number of esters is 1. The Labute approximate surface area is 253 Å². The van der Waals surface area contributed by atoms with Crippen molar-refractivity contribution in [2.75, 3.05) is 12.3 Å². The van der Waals surface area contributed by atoms with E-state index in [0.29, 0.717) is 11.5 Å². The highest BCUT2D eigenvalue weighted by Gasteiger charge is 2.52. The van der Waals surface area contributed by atoms with E-state index in [4.69, 9.17) is 4.74 Å². The summed E-state index contributed by atoms with van der Waals surface area (Å²) in [7, 11) is -3.91. The highest BCUT2D eigenvalue weighted by molar-refractivity contribution is 8.00. The molecule has 8 nitrogen and oxygen atoms in total. The molecule has 0 aromatic heterocycles. The van der Waals surface area contributed by atoms with Crippen LogP contribution in [0, 0.1) is 12.8 Å². The van der Waals surface area contributed by atoms with Crippen LogP contribution in [0.4, 0.5) is 0 Å². The monoisotopic (exact) mass is 612 g/mol. The van der Waals surface area contributed by atoms with Crippen LogP contribution in [-0.2, 0) is 35.0 Å². The van der Waals surface area contributed by atoms with Gasteiger partial charge in [-0.3, -0.25) is 14.7 Å². The lowest BCUT2D eigenvalue weighted by atomic mass is 9.78. The predicted molar refractivity (Wildman–Crippen MR) is 167 cm³/mol. The number of nitrogens with zero attached hydrogens (tertiary/aromatic N) is 2. The van der Waals surface area contributed by atoms with Crippen LogP contribution in [-0.4, -0.2) is 59.6 Å². The Morgan fingerprint density at radius 3 is 2.24 bits per heavy atom. The third-order valence-corrected chi connectivity index (χ3v) is 10.7. The second-order valence-corrected chi connectivity index (χ2v) is 16.3. The van der Waals surface area contributed by atoms with Gasteiger partial charge in [0.05, 0.1) is 22.7 Å². The van der Waals surface area contributed by atoms with Crippen molar-refractivity contribution in [3.63, 3.8) is 0 Å². The summed E-state index contributed by atoms with van der Waals surface area (Å²) in [6, 6.07) is 10.2. The zero-order chi connectivity index (χ0) is 31.2. The van der Waals surface area contributed by atoms with E-state index in [2.05, 4.69) is 4.99 Å². The average Bonchev–Trinajstić information content (AvgIpc) is 2.89. The Hall–Kier alpha value is -3.11. The molecular formula is C32H40N2O6S2. The van der Waals surface area contributed by atoms with Gasteiger partial charge in [0, 0.05) is 23.1 Å². The maximum absolute atomic E-state index is 13.1. The third-order valence-electron chi connectivity index (χ3n) is 7.52. The van der Waals surface area contributed by atoms with Crippen molar-refractivity contribution < 1.29 is 27.9 Å². The molecule has 1 amide bonds. The molecule has 0 bridgehead atoms. The molecule has 0 aliphatic carbocycles. The SMILES string of the molecule is Cc1ccc(S(=O)(=O)C(C)OC(=O)C2=CCS[C@@H]3[C@H](C/N=C/c4cc(C(C)(C)C)c(O)c(C(C)(C)C)c4)C(=O)N23)cc1. The Morgan fingerprint density at radius 2 is 1.69 bits per heavy atom. The topological polar surface area (TPSA) is 113 Å². The number of carbonyl (C=O) groups excluding carboxylic acids is 2. The Morgan fingerprint density at radius 1 is 1.12 bits per heavy atom. The summed E-state index contributed by atoms with van der Waals surface area (Å²) in [4.78, 5) is 32.2. The van der Waals surface area contributed by atoms with Crippen molar-refractivity contribution in [3.8, 4) is 5.75 Å². The lowest BCUT2D eigenvalue weighted by Crippen LogP contribution is -2.62. The molecule has 10 heteroatoms. The molecule has 2 aromatic carbocycles. The van der Waals surface area contributed by atoms with Crippen molar-refractivity contribution >= 4 is 39.7 Å². The molecule has 0 spiro atoms. The molecule has 2 heterocycles. The first-order valence-electron chi connectivity index (χ1n) is 14.0. The van der Waals surface area contributed by atoms with E-state index in [-0.39, 0.29) is 39.2 Å². The van der Waals surface area contributed by atoms with Crippen LogP contribution in [0.5, 0.6) is 5.75 Å². The van der Waals surface area contributed by atoms with Crippen molar-refractivity contribution in [2.45, 2.75) is 81.9 Å². The molecule has 2 aliphatic heterocycles. The van der Waals surface area contributed by atoms with Crippen LogP contribution < -0.4 is 0 Å². The first-order valence-corrected chi connectivity index (χ1v) is 16.6. The van der Waals surface area contributed by atoms with Gasteiger partial charge in [-0.15, -0.1) is 11.8 Å². The summed E-state index contributed by atoms with van der Waals surface area (Å²) in [6.45, 7) is 15.7. The first-order chi connectivity index (χ1) is 19.4. The number of sulfone groups is 1. The molecule has 1 N–H and O–H groups in total. The lowest BCUT2D eigenvalue weighted by molar-refractivity contribution is -0.154. The fraction of sp³-hybridized carbons (Fsp3) is 0.469. The number of amides is 1. The van der Waals surface area contributed by atoms with Crippen LogP contribution in [0.25, 0.3) is 0 Å². The highest BCUT2D eigenvalue weighted by Crippen LogP contribution is 2.42.